The van der Waals surface area contributed by atoms with Gasteiger partial charge in [-0.1, -0.05) is 19.3 Å². The number of carbonyl (C=O) groups excluding carboxylic acids is 1. The van der Waals surface area contributed by atoms with E-state index in [1.54, 1.807) is 0 Å². The van der Waals surface area contributed by atoms with Crippen molar-refractivity contribution in [2.45, 2.75) is 56.4 Å². The van der Waals surface area contributed by atoms with Crippen LogP contribution in [0.4, 0.5) is 0 Å². The van der Waals surface area contributed by atoms with Gasteiger partial charge in [0.25, 0.3) is 0 Å². The summed E-state index contributed by atoms with van der Waals surface area (Å²) in [5.41, 5.74) is 0. The number of hydrogen-bond donors (Lipinski definition) is 0. The Balaban J connectivity index is 1.61. The third-order valence-electron chi connectivity index (χ3n) is 5.18. The topological polar surface area (TPSA) is 20.3 Å². The molecule has 0 aromatic rings. The summed E-state index contributed by atoms with van der Waals surface area (Å²) < 4.78 is 0. The first kappa shape index (κ1) is 11.8. The number of nitrogens with zero attached hydrogens (tertiary/aromatic N) is 1. The minimum absolute atomic E-state index is 0.177. The average molecular weight is 256 g/mol. The van der Waals surface area contributed by atoms with Crippen LogP contribution in [0.3, 0.4) is 0 Å². The van der Waals surface area contributed by atoms with Crippen molar-refractivity contribution in [2.24, 2.45) is 17.8 Å². The maximum Gasteiger partial charge on any atom is 0.226 e. The van der Waals surface area contributed by atoms with E-state index in [0.717, 1.165) is 24.7 Å². The standard InChI is InChI=1S/C14H22ClNO/c1-16(12-8-3-2-7-11(12)15)14(17)13-9-5-4-6-10(9)13/h9-13H,2-8H2,1H3. The van der Waals surface area contributed by atoms with E-state index in [-0.39, 0.29) is 5.38 Å². The Hall–Kier alpha value is -0.240. The summed E-state index contributed by atoms with van der Waals surface area (Å²) in [6.45, 7) is 0. The lowest BCUT2D eigenvalue weighted by molar-refractivity contribution is -0.134. The van der Waals surface area contributed by atoms with Gasteiger partial charge >= 0.3 is 0 Å². The molecule has 4 atom stereocenters. The molecule has 0 aromatic heterocycles. The first-order valence-corrected chi connectivity index (χ1v) is 7.54. The maximum absolute atomic E-state index is 12.4. The minimum Gasteiger partial charge on any atom is -0.341 e. The van der Waals surface area contributed by atoms with E-state index in [1.165, 1.54) is 32.1 Å². The largest absolute Gasteiger partial charge is 0.341 e. The smallest absolute Gasteiger partial charge is 0.226 e. The van der Waals surface area contributed by atoms with E-state index in [9.17, 15) is 4.79 Å². The molecule has 0 bridgehead atoms. The van der Waals surface area contributed by atoms with E-state index < -0.39 is 0 Å². The SMILES string of the molecule is CN(C(=O)C1C2CCCC21)C1CCCCC1Cl. The Morgan fingerprint density at radius 2 is 1.71 bits per heavy atom. The monoisotopic (exact) mass is 255 g/mol. The van der Waals surface area contributed by atoms with Crippen LogP contribution < -0.4 is 0 Å². The fourth-order valence-corrected chi connectivity index (χ4v) is 4.54. The van der Waals surface area contributed by atoms with Gasteiger partial charge in [0.1, 0.15) is 0 Å². The van der Waals surface area contributed by atoms with Crippen molar-refractivity contribution >= 4 is 17.5 Å². The molecule has 3 aliphatic rings. The van der Waals surface area contributed by atoms with Gasteiger partial charge in [-0.15, -0.1) is 11.6 Å². The van der Waals surface area contributed by atoms with Crippen LogP contribution in [0.15, 0.2) is 0 Å². The lowest BCUT2D eigenvalue weighted by Gasteiger charge is -2.35. The summed E-state index contributed by atoms with van der Waals surface area (Å²) in [6.07, 6.45) is 8.52. The molecule has 0 N–H and O–H groups in total. The van der Waals surface area contributed by atoms with Crippen molar-refractivity contribution in [2.75, 3.05) is 7.05 Å². The molecule has 3 saturated carbocycles. The second-order valence-electron chi connectivity index (χ2n) is 6.10. The summed E-state index contributed by atoms with van der Waals surface area (Å²) in [5.74, 6) is 2.20. The van der Waals surface area contributed by atoms with Crippen LogP contribution in [0.1, 0.15) is 44.9 Å². The number of fused-ring (bicyclic) bond motifs is 1. The molecule has 17 heavy (non-hydrogen) atoms. The Kier molecular flexibility index (Phi) is 3.10. The predicted molar refractivity (Wildman–Crippen MR) is 69.0 cm³/mol. The van der Waals surface area contributed by atoms with Gasteiger partial charge in [0, 0.05) is 19.0 Å². The lowest BCUT2D eigenvalue weighted by atomic mass is 9.93. The van der Waals surface area contributed by atoms with Crippen molar-refractivity contribution in [3.63, 3.8) is 0 Å². The fourth-order valence-electron chi connectivity index (χ4n) is 4.09. The van der Waals surface area contributed by atoms with E-state index >= 15 is 0 Å². The number of halogens is 1. The van der Waals surface area contributed by atoms with Crippen molar-refractivity contribution in [3.8, 4) is 0 Å². The minimum atomic E-state index is 0.177. The molecule has 0 radical (unpaired) electrons. The lowest BCUT2D eigenvalue weighted by Crippen LogP contribution is -2.45. The zero-order valence-corrected chi connectivity index (χ0v) is 11.3. The Morgan fingerprint density at radius 1 is 1.06 bits per heavy atom. The Labute approximate surface area is 109 Å². The Bertz CT molecular complexity index is 309. The summed E-state index contributed by atoms with van der Waals surface area (Å²) in [7, 11) is 1.97. The quantitative estimate of drug-likeness (QED) is 0.695. The number of rotatable bonds is 2. The molecule has 3 rings (SSSR count). The van der Waals surface area contributed by atoms with Gasteiger partial charge in [0.15, 0.2) is 0 Å². The van der Waals surface area contributed by atoms with Crippen LogP contribution in [0.5, 0.6) is 0 Å². The predicted octanol–water partition coefficient (Wildman–Crippen LogP) is 3.04. The summed E-state index contributed by atoms with van der Waals surface area (Å²) in [5, 5.41) is 0.177. The number of hydrogen-bond acceptors (Lipinski definition) is 1. The molecular formula is C14H22ClNO. The van der Waals surface area contributed by atoms with E-state index in [1.807, 2.05) is 11.9 Å². The van der Waals surface area contributed by atoms with Gasteiger partial charge < -0.3 is 4.90 Å². The van der Waals surface area contributed by atoms with E-state index in [0.29, 0.717) is 17.9 Å². The highest BCUT2D eigenvalue weighted by Crippen LogP contribution is 2.58. The molecule has 0 heterocycles. The zero-order chi connectivity index (χ0) is 12.0. The molecule has 3 aliphatic carbocycles. The third-order valence-corrected chi connectivity index (χ3v) is 5.69. The molecule has 0 aliphatic heterocycles. The van der Waals surface area contributed by atoms with Crippen LogP contribution in [0, 0.1) is 17.8 Å². The van der Waals surface area contributed by atoms with Crippen LogP contribution >= 0.6 is 11.6 Å². The van der Waals surface area contributed by atoms with Crippen LogP contribution in [-0.4, -0.2) is 29.3 Å². The van der Waals surface area contributed by atoms with Gasteiger partial charge in [0.2, 0.25) is 5.91 Å². The first-order valence-electron chi connectivity index (χ1n) is 7.11. The molecular weight excluding hydrogens is 234 g/mol. The molecule has 2 nitrogen and oxygen atoms in total. The van der Waals surface area contributed by atoms with Gasteiger partial charge in [-0.25, -0.2) is 0 Å². The van der Waals surface area contributed by atoms with Gasteiger partial charge in [-0.05, 0) is 37.5 Å². The highest BCUT2D eigenvalue weighted by Gasteiger charge is 2.57. The molecule has 3 heteroatoms. The van der Waals surface area contributed by atoms with Crippen LogP contribution in [-0.2, 0) is 4.79 Å². The second kappa shape index (κ2) is 4.46. The molecule has 0 saturated heterocycles. The third kappa shape index (κ3) is 1.99. The van der Waals surface area contributed by atoms with Crippen molar-refractivity contribution in [3.05, 3.63) is 0 Å². The molecule has 96 valence electrons. The maximum atomic E-state index is 12.4. The van der Waals surface area contributed by atoms with Crippen molar-refractivity contribution in [1.82, 2.24) is 4.90 Å². The number of alkyl halides is 1. The van der Waals surface area contributed by atoms with Gasteiger partial charge in [-0.2, -0.15) is 0 Å². The normalized spacial score (nSPS) is 44.2. The van der Waals surface area contributed by atoms with E-state index in [4.69, 9.17) is 11.6 Å². The fraction of sp³-hybridized carbons (Fsp3) is 0.929. The molecule has 0 spiro atoms. The summed E-state index contributed by atoms with van der Waals surface area (Å²) in [4.78, 5) is 14.4. The zero-order valence-electron chi connectivity index (χ0n) is 10.6. The van der Waals surface area contributed by atoms with Gasteiger partial charge in [0.05, 0.1) is 5.38 Å². The second-order valence-corrected chi connectivity index (χ2v) is 6.66. The summed E-state index contributed by atoms with van der Waals surface area (Å²) in [6, 6.07) is 0.291. The summed E-state index contributed by atoms with van der Waals surface area (Å²) >= 11 is 6.37. The molecule has 3 fully saturated rings. The van der Waals surface area contributed by atoms with E-state index in [2.05, 4.69) is 0 Å². The highest BCUT2D eigenvalue weighted by atomic mass is 35.5. The Morgan fingerprint density at radius 3 is 2.35 bits per heavy atom. The van der Waals surface area contributed by atoms with Crippen LogP contribution in [0.2, 0.25) is 0 Å². The van der Waals surface area contributed by atoms with Crippen molar-refractivity contribution in [1.29, 1.82) is 0 Å². The molecule has 1 amide bonds. The average Bonchev–Trinajstić information content (AvgIpc) is 2.81. The molecule has 0 aromatic carbocycles. The van der Waals surface area contributed by atoms with Gasteiger partial charge in [-0.3, -0.25) is 4.79 Å². The van der Waals surface area contributed by atoms with Crippen LogP contribution in [0.25, 0.3) is 0 Å². The molecule has 4 unspecified atom stereocenters. The first-order chi connectivity index (χ1) is 8.20. The highest BCUT2D eigenvalue weighted by molar-refractivity contribution is 6.21. The number of amides is 1. The number of carbonyl (C=O) groups is 1. The van der Waals surface area contributed by atoms with Crippen molar-refractivity contribution < 1.29 is 4.79 Å².